The predicted octanol–water partition coefficient (Wildman–Crippen LogP) is 1.43. The molecule has 0 spiro atoms. The molecule has 0 aliphatic rings. The highest BCUT2D eigenvalue weighted by atomic mass is 16.1. The maximum absolute atomic E-state index is 11.7. The summed E-state index contributed by atoms with van der Waals surface area (Å²) in [7, 11) is 0. The molecule has 7 nitrogen and oxygen atoms in total. The van der Waals surface area contributed by atoms with Gasteiger partial charge in [-0.25, -0.2) is 0 Å². The minimum atomic E-state index is -0.465. The van der Waals surface area contributed by atoms with E-state index in [-0.39, 0.29) is 5.96 Å². The first kappa shape index (κ1) is 16.4. The van der Waals surface area contributed by atoms with Gasteiger partial charge in [-0.15, -0.1) is 0 Å². The first-order valence-electron chi connectivity index (χ1n) is 7.15. The molecule has 0 unspecified atom stereocenters. The minimum Gasteiger partial charge on any atom is -0.379 e. The number of hydrogen-bond donors (Lipinski definition) is 3. The van der Waals surface area contributed by atoms with Gasteiger partial charge in [-0.1, -0.05) is 0 Å². The highest BCUT2D eigenvalue weighted by Crippen LogP contribution is 2.13. The molecule has 1 heterocycles. The van der Waals surface area contributed by atoms with E-state index in [4.69, 9.17) is 11.5 Å². The van der Waals surface area contributed by atoms with Crippen LogP contribution in [-0.4, -0.2) is 21.8 Å². The first-order chi connectivity index (χ1) is 10.9. The average Bonchev–Trinajstić information content (AvgIpc) is 2.49. The van der Waals surface area contributed by atoms with Gasteiger partial charge in [0.2, 0.25) is 0 Å². The van der Waals surface area contributed by atoms with Crippen LogP contribution in [0, 0.1) is 20.8 Å². The van der Waals surface area contributed by atoms with Crippen molar-refractivity contribution in [2.75, 3.05) is 5.32 Å². The van der Waals surface area contributed by atoms with Crippen molar-refractivity contribution in [1.82, 2.24) is 9.97 Å². The van der Waals surface area contributed by atoms with Crippen LogP contribution in [-0.2, 0) is 6.54 Å². The van der Waals surface area contributed by atoms with E-state index in [2.05, 4.69) is 20.3 Å². The molecule has 0 saturated heterocycles. The zero-order valence-electron chi connectivity index (χ0n) is 13.4. The molecule has 0 radical (unpaired) electrons. The highest BCUT2D eigenvalue weighted by molar-refractivity contribution is 6.02. The third-order valence-electron chi connectivity index (χ3n) is 3.40. The normalized spacial score (nSPS) is 10.2. The van der Waals surface area contributed by atoms with Gasteiger partial charge in [0, 0.05) is 11.3 Å². The van der Waals surface area contributed by atoms with E-state index >= 15 is 0 Å². The molecule has 0 aliphatic heterocycles. The quantitative estimate of drug-likeness (QED) is 0.580. The Hall–Kier alpha value is -2.96. The monoisotopic (exact) mass is 312 g/mol. The molecule has 5 N–H and O–H groups in total. The molecule has 0 bridgehead atoms. The number of carbonyl (C=O) groups excluding carboxylic acids is 1. The molecule has 120 valence electrons. The number of aliphatic imine (C=N–C) groups is 1. The Labute approximate surface area is 134 Å². The predicted molar refractivity (Wildman–Crippen MR) is 90.2 cm³/mol. The number of rotatable bonds is 4. The van der Waals surface area contributed by atoms with Crippen molar-refractivity contribution in [2.45, 2.75) is 27.3 Å². The molecule has 1 amide bonds. The molecule has 1 aromatic heterocycles. The van der Waals surface area contributed by atoms with Crippen LogP contribution in [0.4, 0.5) is 5.69 Å². The van der Waals surface area contributed by atoms with Crippen LogP contribution < -0.4 is 16.8 Å². The van der Waals surface area contributed by atoms with Crippen molar-refractivity contribution in [3.05, 3.63) is 52.6 Å². The summed E-state index contributed by atoms with van der Waals surface area (Å²) in [6.45, 7) is 6.38. The van der Waals surface area contributed by atoms with Gasteiger partial charge in [0.05, 0.1) is 29.3 Å². The molecular formula is C16H20N6O. The summed E-state index contributed by atoms with van der Waals surface area (Å²) in [5, 5.41) is 3.26. The SMILES string of the molecule is Cc1nc(C)c(CNc2ccc(C(=O)N=C(N)N)cc2)nc1C. The molecule has 0 fully saturated rings. The van der Waals surface area contributed by atoms with Crippen molar-refractivity contribution >= 4 is 17.6 Å². The molecule has 0 aliphatic carbocycles. The second kappa shape index (κ2) is 6.87. The second-order valence-corrected chi connectivity index (χ2v) is 5.20. The molecule has 23 heavy (non-hydrogen) atoms. The van der Waals surface area contributed by atoms with Crippen molar-refractivity contribution < 1.29 is 4.79 Å². The lowest BCUT2D eigenvalue weighted by Crippen LogP contribution is -2.24. The van der Waals surface area contributed by atoms with Gasteiger partial charge in [-0.2, -0.15) is 4.99 Å². The summed E-state index contributed by atoms with van der Waals surface area (Å²) in [5.41, 5.74) is 15.3. The Morgan fingerprint density at radius 2 is 1.65 bits per heavy atom. The Morgan fingerprint density at radius 3 is 2.26 bits per heavy atom. The fourth-order valence-electron chi connectivity index (χ4n) is 2.03. The zero-order chi connectivity index (χ0) is 17.0. The molecule has 1 aromatic carbocycles. The Balaban J connectivity index is 2.06. The van der Waals surface area contributed by atoms with Crippen LogP contribution in [0.2, 0.25) is 0 Å². The van der Waals surface area contributed by atoms with E-state index in [1.54, 1.807) is 24.3 Å². The van der Waals surface area contributed by atoms with Gasteiger partial charge in [0.1, 0.15) is 0 Å². The summed E-state index contributed by atoms with van der Waals surface area (Å²) in [6.07, 6.45) is 0. The van der Waals surface area contributed by atoms with E-state index in [1.807, 2.05) is 20.8 Å². The molecular weight excluding hydrogens is 292 g/mol. The molecule has 7 heteroatoms. The fourth-order valence-corrected chi connectivity index (χ4v) is 2.03. The summed E-state index contributed by atoms with van der Waals surface area (Å²) < 4.78 is 0. The number of amides is 1. The lowest BCUT2D eigenvalue weighted by Gasteiger charge is -2.10. The number of anilines is 1. The van der Waals surface area contributed by atoms with Crippen molar-refractivity contribution in [1.29, 1.82) is 0 Å². The van der Waals surface area contributed by atoms with Crippen LogP contribution in [0.25, 0.3) is 0 Å². The fraction of sp³-hybridized carbons (Fsp3) is 0.250. The van der Waals surface area contributed by atoms with Gasteiger partial charge in [-0.05, 0) is 45.0 Å². The lowest BCUT2D eigenvalue weighted by atomic mass is 10.2. The van der Waals surface area contributed by atoms with Gasteiger partial charge in [-0.3, -0.25) is 14.8 Å². The number of carbonyl (C=O) groups is 1. The largest absolute Gasteiger partial charge is 0.379 e. The van der Waals surface area contributed by atoms with Crippen molar-refractivity contribution in [3.63, 3.8) is 0 Å². The Bertz CT molecular complexity index is 748. The molecule has 2 aromatic rings. The Kier molecular flexibility index (Phi) is 4.90. The standard InChI is InChI=1S/C16H20N6O/c1-9-10(2)21-14(11(3)20-9)8-19-13-6-4-12(5-7-13)15(23)22-16(17)18/h4-7,19H,8H2,1-3H3,(H4,17,18,22,23). The third kappa shape index (κ3) is 4.26. The third-order valence-corrected chi connectivity index (χ3v) is 3.40. The number of benzene rings is 1. The van der Waals surface area contributed by atoms with Crippen LogP contribution in [0.3, 0.4) is 0 Å². The van der Waals surface area contributed by atoms with Gasteiger partial charge in [0.15, 0.2) is 5.96 Å². The number of nitrogens with one attached hydrogen (secondary N) is 1. The number of hydrogen-bond acceptors (Lipinski definition) is 4. The summed E-state index contributed by atoms with van der Waals surface area (Å²) >= 11 is 0. The summed E-state index contributed by atoms with van der Waals surface area (Å²) in [5.74, 6) is -0.714. The van der Waals surface area contributed by atoms with Crippen LogP contribution in [0.1, 0.15) is 33.1 Å². The topological polar surface area (TPSA) is 119 Å². The smallest absolute Gasteiger partial charge is 0.280 e. The van der Waals surface area contributed by atoms with E-state index in [9.17, 15) is 4.79 Å². The molecule has 2 rings (SSSR count). The van der Waals surface area contributed by atoms with Crippen LogP contribution >= 0.6 is 0 Å². The van der Waals surface area contributed by atoms with Crippen molar-refractivity contribution in [3.8, 4) is 0 Å². The zero-order valence-corrected chi connectivity index (χ0v) is 13.4. The number of guanidine groups is 1. The summed E-state index contributed by atoms with van der Waals surface area (Å²) in [4.78, 5) is 24.2. The lowest BCUT2D eigenvalue weighted by molar-refractivity contribution is 0.100. The number of nitrogens with zero attached hydrogens (tertiary/aromatic N) is 3. The number of aromatic nitrogens is 2. The maximum atomic E-state index is 11.7. The van der Waals surface area contributed by atoms with E-state index in [0.717, 1.165) is 28.5 Å². The van der Waals surface area contributed by atoms with Crippen LogP contribution in [0.5, 0.6) is 0 Å². The number of aryl methyl sites for hydroxylation is 3. The number of nitrogens with two attached hydrogens (primary N) is 2. The van der Waals surface area contributed by atoms with Gasteiger partial charge >= 0.3 is 0 Å². The van der Waals surface area contributed by atoms with E-state index in [0.29, 0.717) is 12.1 Å². The minimum absolute atomic E-state index is 0.249. The van der Waals surface area contributed by atoms with E-state index in [1.165, 1.54) is 0 Å². The maximum Gasteiger partial charge on any atom is 0.280 e. The summed E-state index contributed by atoms with van der Waals surface area (Å²) in [6, 6.07) is 6.91. The molecule has 0 saturated carbocycles. The highest BCUT2D eigenvalue weighted by Gasteiger charge is 2.07. The van der Waals surface area contributed by atoms with Gasteiger partial charge in [0.25, 0.3) is 5.91 Å². The molecule has 0 atom stereocenters. The second-order valence-electron chi connectivity index (χ2n) is 5.20. The first-order valence-corrected chi connectivity index (χ1v) is 7.15. The van der Waals surface area contributed by atoms with Crippen LogP contribution in [0.15, 0.2) is 29.3 Å². The van der Waals surface area contributed by atoms with Crippen molar-refractivity contribution in [2.24, 2.45) is 16.5 Å². The van der Waals surface area contributed by atoms with E-state index < -0.39 is 5.91 Å². The average molecular weight is 312 g/mol. The Morgan fingerprint density at radius 1 is 1.04 bits per heavy atom. The van der Waals surface area contributed by atoms with Gasteiger partial charge < -0.3 is 16.8 Å².